The summed E-state index contributed by atoms with van der Waals surface area (Å²) in [5, 5.41) is 0. The van der Waals surface area contributed by atoms with Crippen LogP contribution in [0.2, 0.25) is 0 Å². The highest BCUT2D eigenvalue weighted by Crippen LogP contribution is 2.48. The van der Waals surface area contributed by atoms with Gasteiger partial charge in [0, 0.05) is 17.8 Å². The molecule has 2 aliphatic rings. The maximum absolute atomic E-state index is 4.86. The predicted molar refractivity (Wildman–Crippen MR) is 87.4 cm³/mol. The Kier molecular flexibility index (Phi) is 4.92. The monoisotopic (exact) mass is 286 g/mol. The smallest absolute Gasteiger partial charge is 0.134 e. The third kappa shape index (κ3) is 3.14. The first-order valence-corrected chi connectivity index (χ1v) is 9.16. The summed E-state index contributed by atoms with van der Waals surface area (Å²) in [5.41, 5.74) is 1.61. The standard InChI is InChI=1S/C19H30N2/c1-2-9-16-14-20-18(21-15-16)19(12-7-4-8-13-19)17-10-5-3-6-11-17/h14-15,17H,2-13H2,1H3. The molecule has 2 saturated carbocycles. The van der Waals surface area contributed by atoms with Crippen molar-refractivity contribution in [1.82, 2.24) is 9.97 Å². The van der Waals surface area contributed by atoms with Crippen molar-refractivity contribution in [2.75, 3.05) is 0 Å². The van der Waals surface area contributed by atoms with Gasteiger partial charge in [-0.15, -0.1) is 0 Å². The Labute approximate surface area is 129 Å². The molecule has 3 rings (SSSR count). The van der Waals surface area contributed by atoms with E-state index in [2.05, 4.69) is 19.3 Å². The van der Waals surface area contributed by atoms with Gasteiger partial charge in [-0.2, -0.15) is 0 Å². The van der Waals surface area contributed by atoms with Crippen LogP contribution in [-0.4, -0.2) is 9.97 Å². The van der Waals surface area contributed by atoms with Gasteiger partial charge in [-0.05, 0) is 43.6 Å². The summed E-state index contributed by atoms with van der Waals surface area (Å²) >= 11 is 0. The lowest BCUT2D eigenvalue weighted by Crippen LogP contribution is -2.40. The first kappa shape index (κ1) is 15.0. The van der Waals surface area contributed by atoms with Gasteiger partial charge in [-0.25, -0.2) is 9.97 Å². The van der Waals surface area contributed by atoms with Crippen molar-refractivity contribution in [1.29, 1.82) is 0 Å². The average molecular weight is 286 g/mol. The number of rotatable bonds is 4. The third-order valence-corrected chi connectivity index (χ3v) is 5.82. The molecule has 0 saturated heterocycles. The second-order valence-electron chi connectivity index (χ2n) is 7.22. The molecule has 0 bridgehead atoms. The molecule has 1 aromatic rings. The van der Waals surface area contributed by atoms with Gasteiger partial charge < -0.3 is 0 Å². The Bertz CT molecular complexity index is 425. The van der Waals surface area contributed by atoms with E-state index in [1.807, 2.05) is 0 Å². The fraction of sp³-hybridized carbons (Fsp3) is 0.789. The van der Waals surface area contributed by atoms with Gasteiger partial charge >= 0.3 is 0 Å². The van der Waals surface area contributed by atoms with Gasteiger partial charge in [0.25, 0.3) is 0 Å². The van der Waals surface area contributed by atoms with E-state index in [0.29, 0.717) is 5.41 Å². The Morgan fingerprint density at radius 2 is 1.57 bits per heavy atom. The van der Waals surface area contributed by atoms with E-state index < -0.39 is 0 Å². The Hall–Kier alpha value is -0.920. The fourth-order valence-electron chi connectivity index (χ4n) is 4.68. The minimum absolute atomic E-state index is 0.309. The molecule has 2 fully saturated rings. The first-order chi connectivity index (χ1) is 10.3. The van der Waals surface area contributed by atoms with Crippen LogP contribution in [0.5, 0.6) is 0 Å². The largest absolute Gasteiger partial charge is 0.240 e. The van der Waals surface area contributed by atoms with Crippen LogP contribution in [0, 0.1) is 5.92 Å². The lowest BCUT2D eigenvalue weighted by Gasteiger charge is -2.44. The van der Waals surface area contributed by atoms with Crippen LogP contribution in [0.15, 0.2) is 12.4 Å². The normalized spacial score (nSPS) is 23.1. The summed E-state index contributed by atoms with van der Waals surface area (Å²) in [6.07, 6.45) is 20.4. The topological polar surface area (TPSA) is 25.8 Å². The molecule has 0 aromatic carbocycles. The highest BCUT2D eigenvalue weighted by Gasteiger charge is 2.43. The molecule has 0 radical (unpaired) electrons. The number of hydrogen-bond acceptors (Lipinski definition) is 2. The second-order valence-corrected chi connectivity index (χ2v) is 7.22. The highest BCUT2D eigenvalue weighted by molar-refractivity contribution is 5.16. The van der Waals surface area contributed by atoms with Crippen molar-refractivity contribution in [3.05, 3.63) is 23.8 Å². The van der Waals surface area contributed by atoms with Gasteiger partial charge in [0.15, 0.2) is 0 Å². The fourth-order valence-corrected chi connectivity index (χ4v) is 4.68. The van der Waals surface area contributed by atoms with Crippen LogP contribution in [0.25, 0.3) is 0 Å². The minimum Gasteiger partial charge on any atom is -0.240 e. The molecule has 116 valence electrons. The van der Waals surface area contributed by atoms with E-state index in [4.69, 9.17) is 9.97 Å². The van der Waals surface area contributed by atoms with E-state index >= 15 is 0 Å². The van der Waals surface area contributed by atoms with Crippen LogP contribution in [0.4, 0.5) is 0 Å². The van der Waals surface area contributed by atoms with Crippen molar-refractivity contribution < 1.29 is 0 Å². The van der Waals surface area contributed by atoms with Crippen molar-refractivity contribution >= 4 is 0 Å². The summed E-state index contributed by atoms with van der Waals surface area (Å²) in [5.74, 6) is 2.01. The van der Waals surface area contributed by atoms with E-state index in [1.54, 1.807) is 0 Å². The molecule has 0 spiro atoms. The zero-order valence-electron chi connectivity index (χ0n) is 13.6. The molecule has 21 heavy (non-hydrogen) atoms. The maximum Gasteiger partial charge on any atom is 0.134 e. The van der Waals surface area contributed by atoms with Crippen LogP contribution < -0.4 is 0 Å². The van der Waals surface area contributed by atoms with Gasteiger partial charge in [-0.1, -0.05) is 51.9 Å². The summed E-state index contributed by atoms with van der Waals surface area (Å²) in [6.45, 7) is 2.22. The predicted octanol–water partition coefficient (Wildman–Crippen LogP) is 5.21. The van der Waals surface area contributed by atoms with Crippen LogP contribution in [0.1, 0.15) is 88.9 Å². The van der Waals surface area contributed by atoms with E-state index in [1.165, 1.54) is 82.0 Å². The lowest BCUT2D eigenvalue weighted by atomic mass is 9.61. The molecule has 0 aliphatic heterocycles. The molecule has 2 nitrogen and oxygen atoms in total. The molecule has 0 amide bonds. The third-order valence-electron chi connectivity index (χ3n) is 5.82. The molecule has 2 heteroatoms. The van der Waals surface area contributed by atoms with Crippen molar-refractivity contribution in [3.63, 3.8) is 0 Å². The zero-order valence-corrected chi connectivity index (χ0v) is 13.6. The van der Waals surface area contributed by atoms with E-state index in [9.17, 15) is 0 Å². The molecule has 1 heterocycles. The zero-order chi connectivity index (χ0) is 14.5. The van der Waals surface area contributed by atoms with Crippen molar-refractivity contribution in [2.45, 2.75) is 89.4 Å². The summed E-state index contributed by atoms with van der Waals surface area (Å²) in [6, 6.07) is 0. The highest BCUT2D eigenvalue weighted by atomic mass is 14.9. The van der Waals surface area contributed by atoms with Gasteiger partial charge in [-0.3, -0.25) is 0 Å². The summed E-state index contributed by atoms with van der Waals surface area (Å²) in [7, 11) is 0. The van der Waals surface area contributed by atoms with Crippen LogP contribution in [0.3, 0.4) is 0 Å². The number of aryl methyl sites for hydroxylation is 1. The van der Waals surface area contributed by atoms with Gasteiger partial charge in [0.2, 0.25) is 0 Å². The summed E-state index contributed by atoms with van der Waals surface area (Å²) < 4.78 is 0. The second kappa shape index (κ2) is 6.89. The molecular weight excluding hydrogens is 256 g/mol. The molecule has 2 aliphatic carbocycles. The Morgan fingerprint density at radius 3 is 2.19 bits per heavy atom. The van der Waals surface area contributed by atoms with Crippen molar-refractivity contribution in [2.24, 2.45) is 5.92 Å². The first-order valence-electron chi connectivity index (χ1n) is 9.16. The average Bonchev–Trinajstić information content (AvgIpc) is 2.57. The Balaban J connectivity index is 1.86. The number of aromatic nitrogens is 2. The molecular formula is C19H30N2. The lowest BCUT2D eigenvalue weighted by molar-refractivity contribution is 0.139. The minimum atomic E-state index is 0.309. The SMILES string of the molecule is CCCc1cnc(C2(C3CCCCC3)CCCCC2)nc1. The van der Waals surface area contributed by atoms with Gasteiger partial charge in [0.1, 0.15) is 5.82 Å². The van der Waals surface area contributed by atoms with Gasteiger partial charge in [0.05, 0.1) is 0 Å². The van der Waals surface area contributed by atoms with E-state index in [-0.39, 0.29) is 0 Å². The molecule has 0 atom stereocenters. The quantitative estimate of drug-likeness (QED) is 0.759. The maximum atomic E-state index is 4.86. The molecule has 0 unspecified atom stereocenters. The number of hydrogen-bond donors (Lipinski definition) is 0. The molecule has 1 aromatic heterocycles. The van der Waals surface area contributed by atoms with Crippen molar-refractivity contribution in [3.8, 4) is 0 Å². The summed E-state index contributed by atoms with van der Waals surface area (Å²) in [4.78, 5) is 9.71. The Morgan fingerprint density at radius 1 is 0.952 bits per heavy atom. The van der Waals surface area contributed by atoms with Crippen LogP contribution >= 0.6 is 0 Å². The molecule has 0 N–H and O–H groups in total. The van der Waals surface area contributed by atoms with E-state index in [0.717, 1.165) is 12.3 Å². The van der Waals surface area contributed by atoms with Crippen LogP contribution in [-0.2, 0) is 11.8 Å². The number of nitrogens with zero attached hydrogens (tertiary/aromatic N) is 2.